The Balaban J connectivity index is 1.66. The Morgan fingerprint density at radius 3 is 2.46 bits per heavy atom. The number of fused-ring (bicyclic) bond motifs is 1. The Kier molecular flexibility index (Phi) is 7.24. The van der Waals surface area contributed by atoms with E-state index in [2.05, 4.69) is 10.1 Å². The molecule has 0 bridgehead atoms. The number of hydrogen-bond acceptors (Lipinski definition) is 6. The molecule has 3 aromatic rings. The molecule has 2 aliphatic rings. The van der Waals surface area contributed by atoms with E-state index in [0.717, 1.165) is 35.4 Å². The number of piperidine rings is 1. The first-order valence-electron chi connectivity index (χ1n) is 13.4. The first kappa shape index (κ1) is 28.5. The van der Waals surface area contributed by atoms with Gasteiger partial charge in [-0.05, 0) is 83.1 Å². The third kappa shape index (κ3) is 6.33. The fourth-order valence-electron chi connectivity index (χ4n) is 4.92. The van der Waals surface area contributed by atoms with Crippen LogP contribution in [0.4, 0.5) is 34.3 Å². The first-order chi connectivity index (χ1) is 19.2. The molecule has 1 aliphatic heterocycles. The van der Waals surface area contributed by atoms with Crippen molar-refractivity contribution in [3.05, 3.63) is 47.2 Å². The summed E-state index contributed by atoms with van der Waals surface area (Å²) in [4.78, 5) is 32.2. The maximum Gasteiger partial charge on any atom is 0.420 e. The topological polar surface area (TPSA) is 110 Å². The van der Waals surface area contributed by atoms with E-state index in [9.17, 15) is 27.9 Å². The number of amides is 2. The average Bonchev–Trinajstić information content (AvgIpc) is 3.61. The molecular weight excluding hydrogens is 543 g/mol. The van der Waals surface area contributed by atoms with Gasteiger partial charge in [-0.1, -0.05) is 0 Å². The van der Waals surface area contributed by atoms with E-state index in [1.807, 2.05) is 0 Å². The molecule has 10 nitrogen and oxygen atoms in total. The number of anilines is 2. The van der Waals surface area contributed by atoms with Gasteiger partial charge in [0, 0.05) is 18.2 Å². The highest BCUT2D eigenvalue weighted by Crippen LogP contribution is 2.43. The molecule has 2 fully saturated rings. The van der Waals surface area contributed by atoms with Crippen LogP contribution in [0.25, 0.3) is 5.65 Å². The van der Waals surface area contributed by atoms with Crippen molar-refractivity contribution < 1.29 is 37.3 Å². The van der Waals surface area contributed by atoms with Crippen molar-refractivity contribution >= 4 is 29.3 Å². The average molecular weight is 576 g/mol. The fourth-order valence-corrected chi connectivity index (χ4v) is 4.92. The lowest BCUT2D eigenvalue weighted by molar-refractivity contribution is -0.137. The highest BCUT2D eigenvalue weighted by molar-refractivity contribution is 5.96. The summed E-state index contributed by atoms with van der Waals surface area (Å²) in [6.07, 6.45) is -2.42. The van der Waals surface area contributed by atoms with Gasteiger partial charge in [-0.3, -0.25) is 0 Å². The quantitative estimate of drug-likeness (QED) is 0.368. The number of carbonyl (C=O) groups excluding carboxylic acids is 1. The molecule has 2 aromatic heterocycles. The SMILES string of the molecule is Cc1cc(N(C(=O)OC(C)(C)C)c2cc(O[C@H]3CCCN(C(=O)O)C3)nc3c(C4CC4)cnn23)cc(C(F)(F)F)c1. The van der Waals surface area contributed by atoms with Crippen LogP contribution >= 0.6 is 0 Å². The number of aromatic nitrogens is 3. The third-order valence-electron chi connectivity index (χ3n) is 6.86. The number of halogens is 3. The van der Waals surface area contributed by atoms with Gasteiger partial charge in [0.05, 0.1) is 24.0 Å². The minimum Gasteiger partial charge on any atom is -0.472 e. The maximum absolute atomic E-state index is 13.8. The maximum atomic E-state index is 13.8. The number of carboxylic acid groups (broad SMARTS) is 1. The second-order valence-electron chi connectivity index (χ2n) is 11.5. The molecule has 1 atom stereocenters. The molecule has 0 unspecified atom stereocenters. The number of carbonyl (C=O) groups is 2. The minimum atomic E-state index is -4.65. The molecule has 1 saturated heterocycles. The highest BCUT2D eigenvalue weighted by Gasteiger charge is 2.35. The summed E-state index contributed by atoms with van der Waals surface area (Å²) in [6, 6.07) is 4.78. The zero-order valence-corrected chi connectivity index (χ0v) is 23.2. The number of nitrogens with zero attached hydrogens (tertiary/aromatic N) is 5. The summed E-state index contributed by atoms with van der Waals surface area (Å²) in [5.74, 6) is 0.395. The first-order valence-corrected chi connectivity index (χ1v) is 13.4. The van der Waals surface area contributed by atoms with E-state index in [1.165, 1.54) is 28.5 Å². The molecule has 0 radical (unpaired) electrons. The molecular formula is C28H32F3N5O5. The highest BCUT2D eigenvalue weighted by atomic mass is 19.4. The molecule has 1 saturated carbocycles. The van der Waals surface area contributed by atoms with Crippen LogP contribution in [-0.4, -0.2) is 61.6 Å². The van der Waals surface area contributed by atoms with E-state index in [-0.39, 0.29) is 29.8 Å². The van der Waals surface area contributed by atoms with Crippen molar-refractivity contribution in [1.82, 2.24) is 19.5 Å². The Bertz CT molecular complexity index is 1480. The number of ether oxygens (including phenoxy) is 2. The van der Waals surface area contributed by atoms with E-state index >= 15 is 0 Å². The zero-order valence-electron chi connectivity index (χ0n) is 23.2. The lowest BCUT2D eigenvalue weighted by Crippen LogP contribution is -2.43. The predicted octanol–water partition coefficient (Wildman–Crippen LogP) is 6.53. The van der Waals surface area contributed by atoms with Crippen LogP contribution < -0.4 is 9.64 Å². The lowest BCUT2D eigenvalue weighted by Gasteiger charge is -2.31. The second kappa shape index (κ2) is 10.4. The van der Waals surface area contributed by atoms with Crippen molar-refractivity contribution in [1.29, 1.82) is 0 Å². The Morgan fingerprint density at radius 2 is 1.83 bits per heavy atom. The molecule has 1 aliphatic carbocycles. The molecule has 2 amide bonds. The summed E-state index contributed by atoms with van der Waals surface area (Å²) >= 11 is 0. The van der Waals surface area contributed by atoms with E-state index in [0.29, 0.717) is 30.6 Å². The van der Waals surface area contributed by atoms with Crippen LogP contribution in [0.1, 0.15) is 69.1 Å². The smallest absolute Gasteiger partial charge is 0.420 e. The normalized spacial score (nSPS) is 17.9. The van der Waals surface area contributed by atoms with Crippen LogP contribution in [0, 0.1) is 6.92 Å². The van der Waals surface area contributed by atoms with Crippen LogP contribution in [0.15, 0.2) is 30.5 Å². The molecule has 1 N–H and O–H groups in total. The summed E-state index contributed by atoms with van der Waals surface area (Å²) in [6.45, 7) is 7.02. The summed E-state index contributed by atoms with van der Waals surface area (Å²) in [5.41, 5.74) is -0.412. The third-order valence-corrected chi connectivity index (χ3v) is 6.86. The van der Waals surface area contributed by atoms with E-state index in [4.69, 9.17) is 9.47 Å². The molecule has 220 valence electrons. The molecule has 13 heteroatoms. The number of aryl methyl sites for hydroxylation is 1. The Hall–Kier alpha value is -4.03. The van der Waals surface area contributed by atoms with Crippen LogP contribution in [-0.2, 0) is 10.9 Å². The molecule has 0 spiro atoms. The second-order valence-corrected chi connectivity index (χ2v) is 11.5. The van der Waals surface area contributed by atoms with Gasteiger partial charge in [0.15, 0.2) is 11.5 Å². The van der Waals surface area contributed by atoms with E-state index < -0.39 is 35.6 Å². The number of rotatable bonds is 5. The molecule has 1 aromatic carbocycles. The van der Waals surface area contributed by atoms with Crippen molar-refractivity contribution in [3.63, 3.8) is 0 Å². The van der Waals surface area contributed by atoms with Crippen molar-refractivity contribution in [2.24, 2.45) is 0 Å². The fraction of sp³-hybridized carbons (Fsp3) is 0.500. The number of benzene rings is 1. The van der Waals surface area contributed by atoms with Crippen LogP contribution in [0.5, 0.6) is 5.88 Å². The van der Waals surface area contributed by atoms with Gasteiger partial charge < -0.3 is 19.5 Å². The van der Waals surface area contributed by atoms with Gasteiger partial charge in [-0.2, -0.15) is 27.8 Å². The minimum absolute atomic E-state index is 0.0665. The molecule has 5 rings (SSSR count). The van der Waals surface area contributed by atoms with Gasteiger partial charge in [0.1, 0.15) is 11.7 Å². The molecule has 41 heavy (non-hydrogen) atoms. The summed E-state index contributed by atoms with van der Waals surface area (Å²) in [7, 11) is 0. The standard InChI is InChI=1S/C28H32F3N5O5/c1-16-10-18(28(29,30)31)12-19(11-16)35(26(39)41-27(2,3)4)23-13-22(40-20-6-5-9-34(15-20)25(37)38)33-24-21(17-7-8-17)14-32-36(23)24/h10-14,17,20H,5-9,15H2,1-4H3,(H,37,38)/t20-/m0/s1. The van der Waals surface area contributed by atoms with Gasteiger partial charge >= 0.3 is 18.4 Å². The van der Waals surface area contributed by atoms with Crippen molar-refractivity contribution in [2.75, 3.05) is 18.0 Å². The Labute approximate surface area is 234 Å². The van der Waals surface area contributed by atoms with Crippen molar-refractivity contribution in [3.8, 4) is 5.88 Å². The predicted molar refractivity (Wildman–Crippen MR) is 143 cm³/mol. The lowest BCUT2D eigenvalue weighted by atomic mass is 10.1. The Morgan fingerprint density at radius 1 is 1.10 bits per heavy atom. The van der Waals surface area contributed by atoms with Gasteiger partial charge in [0.2, 0.25) is 5.88 Å². The summed E-state index contributed by atoms with van der Waals surface area (Å²) < 4.78 is 54.7. The number of likely N-dealkylation sites (tertiary alicyclic amines) is 1. The monoisotopic (exact) mass is 575 g/mol. The number of hydrogen-bond donors (Lipinski definition) is 1. The number of alkyl halides is 3. The van der Waals surface area contributed by atoms with Crippen LogP contribution in [0.2, 0.25) is 0 Å². The van der Waals surface area contributed by atoms with Gasteiger partial charge in [-0.15, -0.1) is 0 Å². The van der Waals surface area contributed by atoms with Crippen molar-refractivity contribution in [2.45, 2.75) is 77.2 Å². The van der Waals surface area contributed by atoms with Crippen LogP contribution in [0.3, 0.4) is 0 Å². The molecule has 3 heterocycles. The largest absolute Gasteiger partial charge is 0.472 e. The summed E-state index contributed by atoms with van der Waals surface area (Å²) in [5, 5.41) is 13.9. The van der Waals surface area contributed by atoms with E-state index in [1.54, 1.807) is 27.0 Å². The van der Waals surface area contributed by atoms with Gasteiger partial charge in [-0.25, -0.2) is 14.5 Å². The van der Waals surface area contributed by atoms with Gasteiger partial charge in [0.25, 0.3) is 0 Å². The zero-order chi connectivity index (χ0) is 29.7.